The second-order valence-corrected chi connectivity index (χ2v) is 13.4. The highest BCUT2D eigenvalue weighted by Gasteiger charge is 2.27. The summed E-state index contributed by atoms with van der Waals surface area (Å²) in [5.74, 6) is -1.40. The van der Waals surface area contributed by atoms with Crippen LogP contribution < -0.4 is 10.6 Å². The number of carbonyl (C=O) groups excluding carboxylic acids is 1. The van der Waals surface area contributed by atoms with Crippen LogP contribution >= 0.6 is 10.9 Å². The third kappa shape index (κ3) is 7.61. The van der Waals surface area contributed by atoms with Crippen molar-refractivity contribution in [2.24, 2.45) is 10.2 Å². The number of fused-ring (bicyclic) bond motifs is 1. The molecule has 0 radical (unpaired) electrons. The van der Waals surface area contributed by atoms with Crippen molar-refractivity contribution in [2.75, 3.05) is 10.6 Å². The van der Waals surface area contributed by atoms with Crippen LogP contribution in [0.4, 0.5) is 44.2 Å². The molecule has 0 spiro atoms. The van der Waals surface area contributed by atoms with Gasteiger partial charge in [0.25, 0.3) is 25.9 Å². The van der Waals surface area contributed by atoms with E-state index in [2.05, 4.69) is 20.9 Å². The minimum Gasteiger partial charge on any atom is -0.350 e. The topological polar surface area (TPSA) is 322 Å². The summed E-state index contributed by atoms with van der Waals surface area (Å²) in [5.41, 5.74) is -3.79. The molecule has 20 nitrogen and oxygen atoms in total. The first-order valence-corrected chi connectivity index (χ1v) is 16.3. The first-order valence-electron chi connectivity index (χ1n) is 11.9. The molecule has 0 heterocycles. The molecular weight excluding hydrogens is 699 g/mol. The molecule has 7 N–H and O–H groups in total. The Morgan fingerprint density at radius 2 is 1.36 bits per heavy atom. The number of hydrogen-bond donors (Lipinski definition) is 7. The Labute approximate surface area is 262 Å². The van der Waals surface area contributed by atoms with Gasteiger partial charge in [-0.1, -0.05) is 0 Å². The number of rotatable bonds is 11. The van der Waals surface area contributed by atoms with Gasteiger partial charge < -0.3 is 24.3 Å². The van der Waals surface area contributed by atoms with Crippen molar-refractivity contribution < 1.29 is 58.6 Å². The van der Waals surface area contributed by atoms with Gasteiger partial charge in [0.15, 0.2) is 0 Å². The van der Waals surface area contributed by atoms with Gasteiger partial charge in [0.1, 0.15) is 37.7 Å². The Balaban J connectivity index is 1.85. The molecule has 0 aliphatic carbocycles. The number of carbonyl (C=O) groups is 1. The lowest BCUT2D eigenvalue weighted by molar-refractivity contribution is -0.395. The lowest BCUT2D eigenvalue weighted by Crippen LogP contribution is -2.04. The van der Waals surface area contributed by atoms with Gasteiger partial charge in [-0.3, -0.25) is 34.1 Å². The number of azo groups is 1. The number of hydrogen-bond acceptors (Lipinski definition) is 15. The SMILES string of the molecule is O=CNc1cc(Nc2cc(F)c([N+](=O)[O-])cc2[N+](=O)[O-])ccc1N=Nc1cc2c(S(=O)(=O)O)cc(S(O)(O)O)cc2cc1S(=O)(=O)O. The first-order chi connectivity index (χ1) is 21.7. The fourth-order valence-electron chi connectivity index (χ4n) is 4.06. The summed E-state index contributed by atoms with van der Waals surface area (Å²) in [4.78, 5) is 28.7. The molecule has 4 aromatic rings. The van der Waals surface area contributed by atoms with E-state index in [1.165, 1.54) is 6.07 Å². The van der Waals surface area contributed by atoms with Crippen LogP contribution in [-0.4, -0.2) is 55.9 Å². The molecule has 0 atom stereocenters. The normalized spacial score (nSPS) is 12.6. The van der Waals surface area contributed by atoms with Crippen LogP contribution in [0.5, 0.6) is 0 Å². The number of nitrogens with zero attached hydrogens (tertiary/aromatic N) is 4. The zero-order valence-electron chi connectivity index (χ0n) is 22.6. The van der Waals surface area contributed by atoms with Crippen LogP contribution in [0.15, 0.2) is 79.5 Å². The maximum absolute atomic E-state index is 14.2. The molecule has 24 heteroatoms. The minimum atomic E-state index is -5.17. The molecular formula is C23H17FN6O14S3. The Hall–Kier alpha value is -5.21. The Bertz CT molecular complexity index is 2240. The molecule has 0 unspecified atom stereocenters. The van der Waals surface area contributed by atoms with Gasteiger partial charge in [-0.2, -0.15) is 21.2 Å². The highest BCUT2D eigenvalue weighted by Crippen LogP contribution is 2.47. The number of nitrogens with one attached hydrogen (secondary N) is 2. The van der Waals surface area contributed by atoms with Crippen LogP contribution in [0, 0.1) is 26.0 Å². The summed E-state index contributed by atoms with van der Waals surface area (Å²) in [5, 5.41) is 33.7. The Morgan fingerprint density at radius 1 is 0.745 bits per heavy atom. The van der Waals surface area contributed by atoms with Gasteiger partial charge in [0.2, 0.25) is 12.2 Å². The highest BCUT2D eigenvalue weighted by molar-refractivity contribution is 8.19. The quantitative estimate of drug-likeness (QED) is 0.0326. The van der Waals surface area contributed by atoms with E-state index in [0.717, 1.165) is 24.3 Å². The van der Waals surface area contributed by atoms with Crippen molar-refractivity contribution in [3.8, 4) is 0 Å². The van der Waals surface area contributed by atoms with Crippen LogP contribution in [0.25, 0.3) is 10.8 Å². The molecule has 0 saturated heterocycles. The predicted molar refractivity (Wildman–Crippen MR) is 161 cm³/mol. The van der Waals surface area contributed by atoms with E-state index in [4.69, 9.17) is 0 Å². The summed E-state index contributed by atoms with van der Waals surface area (Å²) in [6.45, 7) is 0. The zero-order chi connectivity index (χ0) is 35.1. The number of anilines is 3. The second-order valence-electron chi connectivity index (χ2n) is 9.09. The van der Waals surface area contributed by atoms with Crippen molar-refractivity contribution in [3.05, 3.63) is 80.6 Å². The standard InChI is InChI=1S/C23H17FN6O14S3/c24-15-8-18(21(30(34)35)9-20(15)29(32)33)26-12-1-2-16(17(5-12)25-10-31)27-28-19-7-14-11(4-23(19)47(42,43)44)3-13(45(36,37)38)6-22(14)46(39,40)41/h1-10,26,36-38H,(H,25,31)(H,39,40,41)(H,42,43,44). The van der Waals surface area contributed by atoms with Gasteiger partial charge >= 0.3 is 5.69 Å². The van der Waals surface area contributed by atoms with E-state index in [-0.39, 0.29) is 23.5 Å². The van der Waals surface area contributed by atoms with Crippen LogP contribution in [0.1, 0.15) is 0 Å². The fraction of sp³-hybridized carbons (Fsp3) is 0. The summed E-state index contributed by atoms with van der Waals surface area (Å²) in [6, 6.07) is 6.92. The molecule has 0 aliphatic rings. The number of amides is 1. The molecule has 4 rings (SSSR count). The summed E-state index contributed by atoms with van der Waals surface area (Å²) in [7, 11) is -14.9. The smallest absolute Gasteiger partial charge is 0.311 e. The predicted octanol–water partition coefficient (Wildman–Crippen LogP) is 5.60. The third-order valence-corrected chi connectivity index (χ3v) is 8.70. The zero-order valence-corrected chi connectivity index (χ0v) is 25.0. The van der Waals surface area contributed by atoms with Crippen molar-refractivity contribution in [1.29, 1.82) is 0 Å². The number of nitro groups is 2. The molecule has 0 bridgehead atoms. The lowest BCUT2D eigenvalue weighted by atomic mass is 10.1. The molecule has 0 aliphatic heterocycles. The first kappa shape index (κ1) is 34.7. The number of halogens is 1. The Morgan fingerprint density at radius 3 is 1.91 bits per heavy atom. The van der Waals surface area contributed by atoms with Gasteiger partial charge in [-0.05, 0) is 47.9 Å². The van der Waals surface area contributed by atoms with Crippen molar-refractivity contribution in [1.82, 2.24) is 0 Å². The van der Waals surface area contributed by atoms with Gasteiger partial charge in [-0.25, -0.2) is 0 Å². The average molecular weight is 717 g/mol. The maximum atomic E-state index is 14.2. The molecule has 0 saturated carbocycles. The second kappa shape index (κ2) is 12.5. The highest BCUT2D eigenvalue weighted by atomic mass is 32.3. The minimum absolute atomic E-state index is 0.0579. The Kier molecular flexibility index (Phi) is 9.24. The van der Waals surface area contributed by atoms with E-state index in [1.54, 1.807) is 0 Å². The van der Waals surface area contributed by atoms with Crippen LogP contribution in [0.2, 0.25) is 0 Å². The average Bonchev–Trinajstić information content (AvgIpc) is 2.94. The van der Waals surface area contributed by atoms with E-state index in [1.807, 2.05) is 0 Å². The van der Waals surface area contributed by atoms with Crippen LogP contribution in [0.3, 0.4) is 0 Å². The molecule has 0 aromatic heterocycles. The summed E-state index contributed by atoms with van der Waals surface area (Å²) >= 11 is 0. The monoisotopic (exact) mass is 716 g/mol. The van der Waals surface area contributed by atoms with Crippen molar-refractivity contribution in [3.63, 3.8) is 0 Å². The summed E-state index contributed by atoms with van der Waals surface area (Å²) < 4.78 is 111. The summed E-state index contributed by atoms with van der Waals surface area (Å²) in [6.07, 6.45) is 0.160. The van der Waals surface area contributed by atoms with E-state index < -0.39 is 95.0 Å². The van der Waals surface area contributed by atoms with E-state index in [0.29, 0.717) is 24.3 Å². The fourth-order valence-corrected chi connectivity index (χ4v) is 6.07. The molecule has 4 aromatic carbocycles. The van der Waals surface area contributed by atoms with Gasteiger partial charge in [0, 0.05) is 17.1 Å². The molecule has 248 valence electrons. The van der Waals surface area contributed by atoms with Gasteiger partial charge in [0.05, 0.1) is 26.5 Å². The third-order valence-electron chi connectivity index (χ3n) is 6.05. The van der Waals surface area contributed by atoms with E-state index in [9.17, 15) is 69.0 Å². The van der Waals surface area contributed by atoms with Crippen molar-refractivity contribution >= 4 is 88.1 Å². The maximum Gasteiger partial charge on any atom is 0.311 e. The van der Waals surface area contributed by atoms with E-state index >= 15 is 0 Å². The van der Waals surface area contributed by atoms with Gasteiger partial charge in [-0.15, -0.1) is 10.2 Å². The molecule has 47 heavy (non-hydrogen) atoms. The number of nitro benzene ring substituents is 2. The molecule has 0 fully saturated rings. The van der Waals surface area contributed by atoms with Crippen molar-refractivity contribution in [2.45, 2.75) is 14.7 Å². The van der Waals surface area contributed by atoms with Crippen LogP contribution in [-0.2, 0) is 25.0 Å². The largest absolute Gasteiger partial charge is 0.350 e. The molecule has 1 amide bonds. The number of benzene rings is 4. The lowest BCUT2D eigenvalue weighted by Gasteiger charge is -2.20.